The number of hydrogen-bond acceptors (Lipinski definition) is 8. The molecule has 37 heavy (non-hydrogen) atoms. The van der Waals surface area contributed by atoms with Crippen LogP contribution in [0.4, 0.5) is 4.39 Å². The molecule has 0 radical (unpaired) electrons. The molecular formula is C27H28FNO8. The summed E-state index contributed by atoms with van der Waals surface area (Å²) in [5.74, 6) is -0.972. The Morgan fingerprint density at radius 2 is 1.41 bits per heavy atom. The monoisotopic (exact) mass is 513 g/mol. The van der Waals surface area contributed by atoms with Crippen LogP contribution in [0.25, 0.3) is 0 Å². The molecule has 0 aliphatic carbocycles. The van der Waals surface area contributed by atoms with E-state index in [1.165, 1.54) is 12.1 Å². The minimum absolute atomic E-state index is 0.0667. The van der Waals surface area contributed by atoms with Gasteiger partial charge in [-0.2, -0.15) is 0 Å². The third-order valence-corrected chi connectivity index (χ3v) is 5.61. The molecule has 3 N–H and O–H groups in total. The number of carboxylic acids is 1. The largest absolute Gasteiger partial charge is 0.491 e. The second-order valence-corrected chi connectivity index (χ2v) is 8.72. The van der Waals surface area contributed by atoms with Gasteiger partial charge in [-0.05, 0) is 47.5 Å². The molecule has 1 aromatic heterocycles. The number of aliphatic hydroxyl groups is 2. The topological polar surface area (TPSA) is 135 Å². The Labute approximate surface area is 213 Å². The molecule has 2 unspecified atom stereocenters. The number of nitrogens with zero attached hydrogens (tertiary/aromatic N) is 1. The predicted molar refractivity (Wildman–Crippen MR) is 131 cm³/mol. The molecule has 1 heterocycles. The highest BCUT2D eigenvalue weighted by Crippen LogP contribution is 2.33. The highest BCUT2D eigenvalue weighted by atomic mass is 19.1. The number of benzene rings is 2. The molecule has 0 spiro atoms. The minimum Gasteiger partial charge on any atom is -0.491 e. The average Bonchev–Trinajstić information content (AvgIpc) is 2.89. The van der Waals surface area contributed by atoms with Crippen LogP contribution in [0.2, 0.25) is 0 Å². The molecule has 0 saturated carbocycles. The third kappa shape index (κ3) is 7.73. The van der Waals surface area contributed by atoms with E-state index in [0.717, 1.165) is 17.3 Å². The molecule has 3 rings (SSSR count). The lowest BCUT2D eigenvalue weighted by atomic mass is 9.78. The van der Waals surface area contributed by atoms with Crippen molar-refractivity contribution < 1.29 is 43.5 Å². The van der Waals surface area contributed by atoms with E-state index in [-0.39, 0.29) is 29.9 Å². The van der Waals surface area contributed by atoms with E-state index in [1.807, 2.05) is 38.1 Å². The molecule has 2 aromatic carbocycles. The van der Waals surface area contributed by atoms with E-state index in [0.29, 0.717) is 11.5 Å². The molecule has 0 fully saturated rings. The van der Waals surface area contributed by atoms with Crippen LogP contribution in [0.1, 0.15) is 45.8 Å². The maximum Gasteiger partial charge on any atom is 0.354 e. The smallest absolute Gasteiger partial charge is 0.354 e. The second-order valence-electron chi connectivity index (χ2n) is 8.72. The van der Waals surface area contributed by atoms with Crippen molar-refractivity contribution in [1.29, 1.82) is 0 Å². The van der Waals surface area contributed by atoms with Crippen molar-refractivity contribution in [2.75, 3.05) is 19.8 Å². The Hall–Kier alpha value is -4.02. The molecule has 10 heteroatoms. The van der Waals surface area contributed by atoms with E-state index < -0.39 is 31.0 Å². The summed E-state index contributed by atoms with van der Waals surface area (Å²) in [6.07, 6.45) is -2.02. The Bertz CT molecular complexity index is 1180. The van der Waals surface area contributed by atoms with Crippen LogP contribution in [-0.4, -0.2) is 64.5 Å². The van der Waals surface area contributed by atoms with E-state index >= 15 is 0 Å². The molecule has 0 saturated heterocycles. The van der Waals surface area contributed by atoms with E-state index in [2.05, 4.69) is 4.98 Å². The fraction of sp³-hybridized carbons (Fsp3) is 0.296. The van der Waals surface area contributed by atoms with Gasteiger partial charge in [0.25, 0.3) is 0 Å². The number of aromatic carboxylic acids is 1. The second kappa shape index (κ2) is 12.3. The number of carboxylic acid groups (broad SMARTS) is 1. The first-order valence-corrected chi connectivity index (χ1v) is 11.4. The van der Waals surface area contributed by atoms with Crippen molar-refractivity contribution in [1.82, 2.24) is 4.98 Å². The van der Waals surface area contributed by atoms with Crippen LogP contribution < -0.4 is 9.47 Å². The van der Waals surface area contributed by atoms with Gasteiger partial charge in [-0.15, -0.1) is 0 Å². The summed E-state index contributed by atoms with van der Waals surface area (Å²) in [5.41, 5.74) is 1.52. The van der Waals surface area contributed by atoms with Crippen LogP contribution in [0.15, 0.2) is 66.9 Å². The van der Waals surface area contributed by atoms with Crippen molar-refractivity contribution in [3.05, 3.63) is 89.2 Å². The number of halogens is 1. The van der Waals surface area contributed by atoms with Gasteiger partial charge in [-0.3, -0.25) is 0 Å². The van der Waals surface area contributed by atoms with Gasteiger partial charge >= 0.3 is 11.9 Å². The zero-order valence-corrected chi connectivity index (χ0v) is 20.3. The number of carbonyl (C=O) groups excluding carboxylic acids is 1. The van der Waals surface area contributed by atoms with Gasteiger partial charge in [0.05, 0.1) is 5.56 Å². The van der Waals surface area contributed by atoms with Crippen LogP contribution in [0.3, 0.4) is 0 Å². The first-order valence-electron chi connectivity index (χ1n) is 11.4. The lowest BCUT2D eigenvalue weighted by Gasteiger charge is -2.26. The quantitative estimate of drug-likeness (QED) is 0.312. The highest BCUT2D eigenvalue weighted by molar-refractivity contribution is 5.90. The Balaban J connectivity index is 1.49. The maximum absolute atomic E-state index is 12.5. The number of aliphatic hydroxyl groups excluding tert-OH is 2. The number of esters is 1. The molecular weight excluding hydrogens is 485 g/mol. The van der Waals surface area contributed by atoms with E-state index in [4.69, 9.17) is 24.4 Å². The summed E-state index contributed by atoms with van der Waals surface area (Å²) in [4.78, 5) is 26.5. The molecule has 2 atom stereocenters. The van der Waals surface area contributed by atoms with Crippen LogP contribution >= 0.6 is 0 Å². The molecule has 3 aromatic rings. The lowest BCUT2D eigenvalue weighted by Crippen LogP contribution is -2.25. The number of aromatic nitrogens is 1. The van der Waals surface area contributed by atoms with Crippen LogP contribution in [0, 0.1) is 0 Å². The summed E-state index contributed by atoms with van der Waals surface area (Å²) in [7, 11) is 0. The number of rotatable bonds is 12. The van der Waals surface area contributed by atoms with Gasteiger partial charge in [-0.25, -0.2) is 19.0 Å². The summed E-state index contributed by atoms with van der Waals surface area (Å²) in [5, 5.41) is 27.6. The predicted octanol–water partition coefficient (Wildman–Crippen LogP) is 3.37. The SMILES string of the molecule is CC(C)(c1ccc(OCC(O)F)cc1)c1ccc(OCC(O)COC(=O)c2ccc(C(=O)O)nc2)cc1. The standard InChI is InChI=1S/C27H28FNO8/c1-27(2,19-6-10-22(11-7-19)36-16-24(28)31)18-4-8-21(9-5-18)35-14-20(30)15-37-26(34)17-3-12-23(25(32)33)29-13-17/h3-13,20,24,30-31H,14-16H2,1-2H3,(H,32,33). The zero-order valence-electron chi connectivity index (χ0n) is 20.3. The fourth-order valence-electron chi connectivity index (χ4n) is 3.40. The van der Waals surface area contributed by atoms with Gasteiger partial charge in [0, 0.05) is 11.6 Å². The first-order chi connectivity index (χ1) is 17.6. The van der Waals surface area contributed by atoms with Gasteiger partial charge in [0.1, 0.15) is 43.1 Å². The molecule has 0 aliphatic heterocycles. The lowest BCUT2D eigenvalue weighted by molar-refractivity contribution is 0.00110. The average molecular weight is 514 g/mol. The number of ether oxygens (including phenoxy) is 3. The maximum atomic E-state index is 12.5. The molecule has 0 bridgehead atoms. The molecule has 0 aliphatic rings. The van der Waals surface area contributed by atoms with Crippen molar-refractivity contribution in [3.63, 3.8) is 0 Å². The van der Waals surface area contributed by atoms with Crippen molar-refractivity contribution in [3.8, 4) is 11.5 Å². The summed E-state index contributed by atoms with van der Waals surface area (Å²) in [6.45, 7) is 3.25. The van der Waals surface area contributed by atoms with Gasteiger partial charge in [-0.1, -0.05) is 38.1 Å². The summed E-state index contributed by atoms with van der Waals surface area (Å²) < 4.78 is 28.3. The minimum atomic E-state index is -2.03. The highest BCUT2D eigenvalue weighted by Gasteiger charge is 2.23. The number of hydrogen-bond donors (Lipinski definition) is 3. The first kappa shape index (κ1) is 27.6. The van der Waals surface area contributed by atoms with Gasteiger partial charge < -0.3 is 29.5 Å². The van der Waals surface area contributed by atoms with E-state index in [1.54, 1.807) is 24.3 Å². The molecule has 196 valence electrons. The fourth-order valence-corrected chi connectivity index (χ4v) is 3.40. The van der Waals surface area contributed by atoms with Crippen molar-refractivity contribution >= 4 is 11.9 Å². The van der Waals surface area contributed by atoms with E-state index in [9.17, 15) is 19.1 Å². The van der Waals surface area contributed by atoms with Gasteiger partial charge in [0.15, 0.2) is 0 Å². The van der Waals surface area contributed by atoms with Crippen molar-refractivity contribution in [2.24, 2.45) is 0 Å². The molecule has 0 amide bonds. The number of carbonyl (C=O) groups is 2. The van der Waals surface area contributed by atoms with Crippen LogP contribution in [0.5, 0.6) is 11.5 Å². The van der Waals surface area contributed by atoms with Gasteiger partial charge in [0.2, 0.25) is 6.36 Å². The number of alkyl halides is 1. The Morgan fingerprint density at radius 1 is 0.865 bits per heavy atom. The third-order valence-electron chi connectivity index (χ3n) is 5.61. The van der Waals surface area contributed by atoms with Crippen molar-refractivity contribution in [2.45, 2.75) is 31.7 Å². The zero-order chi connectivity index (χ0) is 27.0. The Morgan fingerprint density at radius 3 is 1.86 bits per heavy atom. The Kier molecular flexibility index (Phi) is 9.15. The summed E-state index contributed by atoms with van der Waals surface area (Å²) >= 11 is 0. The summed E-state index contributed by atoms with van der Waals surface area (Å²) in [6, 6.07) is 17.0. The number of pyridine rings is 1. The van der Waals surface area contributed by atoms with Crippen LogP contribution in [-0.2, 0) is 10.2 Å². The normalized spacial score (nSPS) is 12.9. The molecule has 9 nitrogen and oxygen atoms in total.